The first kappa shape index (κ1) is 8.49. The minimum Gasteiger partial charge on any atom is -0.477 e. The summed E-state index contributed by atoms with van der Waals surface area (Å²) in [6, 6.07) is 1.75. The maximum Gasteiger partial charge on any atom is 0.354 e. The van der Waals surface area contributed by atoms with Crippen LogP contribution in [-0.2, 0) is 7.05 Å². The molecular formula is C8H8N4O2. The van der Waals surface area contributed by atoms with Crippen molar-refractivity contribution in [1.82, 2.24) is 19.3 Å². The van der Waals surface area contributed by atoms with E-state index in [0.29, 0.717) is 5.95 Å². The summed E-state index contributed by atoms with van der Waals surface area (Å²) < 4.78 is 2.97. The molecule has 0 fully saturated rings. The SMILES string of the molecule is Cn1c(C(=O)O)cnc1-n1cccn1. The van der Waals surface area contributed by atoms with Crippen LogP contribution in [0, 0.1) is 0 Å². The van der Waals surface area contributed by atoms with Crippen molar-refractivity contribution in [2.24, 2.45) is 7.05 Å². The summed E-state index contributed by atoms with van der Waals surface area (Å²) in [5, 5.41) is 12.7. The van der Waals surface area contributed by atoms with Gasteiger partial charge in [-0.25, -0.2) is 14.5 Å². The lowest BCUT2D eigenvalue weighted by atomic mass is 10.5. The number of carbonyl (C=O) groups is 1. The van der Waals surface area contributed by atoms with E-state index in [-0.39, 0.29) is 5.69 Å². The topological polar surface area (TPSA) is 72.9 Å². The van der Waals surface area contributed by atoms with Crippen molar-refractivity contribution in [3.63, 3.8) is 0 Å². The van der Waals surface area contributed by atoms with E-state index in [2.05, 4.69) is 10.1 Å². The van der Waals surface area contributed by atoms with Gasteiger partial charge >= 0.3 is 5.97 Å². The maximum atomic E-state index is 10.7. The van der Waals surface area contributed by atoms with Gasteiger partial charge in [-0.3, -0.25) is 0 Å². The molecular weight excluding hydrogens is 184 g/mol. The van der Waals surface area contributed by atoms with Crippen LogP contribution in [0.2, 0.25) is 0 Å². The Bertz CT molecular complexity index is 458. The molecule has 0 atom stereocenters. The predicted octanol–water partition coefficient (Wildman–Crippen LogP) is 0.304. The summed E-state index contributed by atoms with van der Waals surface area (Å²) in [7, 11) is 1.63. The van der Waals surface area contributed by atoms with E-state index >= 15 is 0 Å². The number of hydrogen-bond acceptors (Lipinski definition) is 3. The zero-order valence-corrected chi connectivity index (χ0v) is 7.45. The van der Waals surface area contributed by atoms with Crippen LogP contribution in [0.15, 0.2) is 24.7 Å². The van der Waals surface area contributed by atoms with Gasteiger partial charge in [0, 0.05) is 19.4 Å². The van der Waals surface area contributed by atoms with E-state index in [4.69, 9.17) is 5.11 Å². The molecule has 0 saturated heterocycles. The second kappa shape index (κ2) is 2.99. The fraction of sp³-hybridized carbons (Fsp3) is 0.125. The van der Waals surface area contributed by atoms with E-state index in [0.717, 1.165) is 0 Å². The summed E-state index contributed by atoms with van der Waals surface area (Å²) in [5.41, 5.74) is 0.135. The molecule has 0 radical (unpaired) electrons. The third-order valence-corrected chi connectivity index (χ3v) is 1.89. The van der Waals surface area contributed by atoms with Gasteiger partial charge in [-0.2, -0.15) is 5.10 Å². The minimum absolute atomic E-state index is 0.135. The molecule has 72 valence electrons. The molecule has 0 saturated carbocycles. The van der Waals surface area contributed by atoms with E-state index in [1.807, 2.05) is 0 Å². The number of hydrogen-bond donors (Lipinski definition) is 1. The molecule has 2 rings (SSSR count). The van der Waals surface area contributed by atoms with Crippen LogP contribution in [0.3, 0.4) is 0 Å². The first-order chi connectivity index (χ1) is 6.70. The molecule has 1 N–H and O–H groups in total. The van der Waals surface area contributed by atoms with Crippen LogP contribution >= 0.6 is 0 Å². The van der Waals surface area contributed by atoms with Crippen LogP contribution in [0.1, 0.15) is 10.5 Å². The lowest BCUT2D eigenvalue weighted by molar-refractivity contribution is 0.0686. The van der Waals surface area contributed by atoms with Gasteiger partial charge in [0.05, 0.1) is 6.20 Å². The lowest BCUT2D eigenvalue weighted by Gasteiger charge is -2.01. The van der Waals surface area contributed by atoms with Gasteiger partial charge in [-0.15, -0.1) is 0 Å². The van der Waals surface area contributed by atoms with Crippen LogP contribution < -0.4 is 0 Å². The zero-order valence-electron chi connectivity index (χ0n) is 7.45. The number of carboxylic acid groups (broad SMARTS) is 1. The van der Waals surface area contributed by atoms with Crippen LogP contribution in [-0.4, -0.2) is 30.4 Å². The number of aromatic carboxylic acids is 1. The van der Waals surface area contributed by atoms with Gasteiger partial charge in [0.2, 0.25) is 5.95 Å². The molecule has 6 heteroatoms. The van der Waals surface area contributed by atoms with Crippen LogP contribution in [0.4, 0.5) is 0 Å². The quantitative estimate of drug-likeness (QED) is 0.742. The number of carboxylic acids is 1. The van der Waals surface area contributed by atoms with E-state index in [1.54, 1.807) is 25.5 Å². The molecule has 0 bridgehead atoms. The number of aromatic nitrogens is 4. The lowest BCUT2D eigenvalue weighted by Crippen LogP contribution is -2.09. The predicted molar refractivity (Wildman–Crippen MR) is 47.3 cm³/mol. The van der Waals surface area contributed by atoms with Gasteiger partial charge in [-0.05, 0) is 6.07 Å². The molecule has 0 aliphatic heterocycles. The average molecular weight is 192 g/mol. The van der Waals surface area contributed by atoms with Gasteiger partial charge in [0.1, 0.15) is 5.69 Å². The molecule has 2 heterocycles. The Kier molecular flexibility index (Phi) is 1.81. The Morgan fingerprint density at radius 2 is 2.36 bits per heavy atom. The Morgan fingerprint density at radius 1 is 1.57 bits per heavy atom. The molecule has 0 aliphatic carbocycles. The van der Waals surface area contributed by atoms with Crippen molar-refractivity contribution in [3.8, 4) is 5.95 Å². The first-order valence-corrected chi connectivity index (χ1v) is 3.95. The third kappa shape index (κ3) is 1.17. The van der Waals surface area contributed by atoms with E-state index in [9.17, 15) is 4.79 Å². The molecule has 0 unspecified atom stereocenters. The van der Waals surface area contributed by atoms with Crippen molar-refractivity contribution in [3.05, 3.63) is 30.4 Å². The second-order valence-corrected chi connectivity index (χ2v) is 2.76. The molecule has 6 nitrogen and oxygen atoms in total. The van der Waals surface area contributed by atoms with Crippen molar-refractivity contribution in [2.45, 2.75) is 0 Å². The highest BCUT2D eigenvalue weighted by Gasteiger charge is 2.13. The normalized spacial score (nSPS) is 10.4. The maximum absolute atomic E-state index is 10.7. The summed E-state index contributed by atoms with van der Waals surface area (Å²) in [4.78, 5) is 14.7. The average Bonchev–Trinajstić information content (AvgIpc) is 2.71. The van der Waals surface area contributed by atoms with Gasteiger partial charge < -0.3 is 9.67 Å². The Labute approximate surface area is 79.4 Å². The molecule has 2 aromatic heterocycles. The molecule has 2 aromatic rings. The van der Waals surface area contributed by atoms with Crippen molar-refractivity contribution >= 4 is 5.97 Å². The number of rotatable bonds is 2. The van der Waals surface area contributed by atoms with Gasteiger partial charge in [0.15, 0.2) is 0 Å². The Balaban J connectivity index is 2.52. The monoisotopic (exact) mass is 192 g/mol. The Morgan fingerprint density at radius 3 is 2.86 bits per heavy atom. The highest BCUT2D eigenvalue weighted by molar-refractivity contribution is 5.85. The van der Waals surface area contributed by atoms with Crippen molar-refractivity contribution in [1.29, 1.82) is 0 Å². The fourth-order valence-electron chi connectivity index (χ4n) is 1.20. The third-order valence-electron chi connectivity index (χ3n) is 1.89. The van der Waals surface area contributed by atoms with E-state index < -0.39 is 5.97 Å². The second-order valence-electron chi connectivity index (χ2n) is 2.76. The molecule has 14 heavy (non-hydrogen) atoms. The Hall–Kier alpha value is -2.11. The largest absolute Gasteiger partial charge is 0.477 e. The van der Waals surface area contributed by atoms with Crippen molar-refractivity contribution < 1.29 is 9.90 Å². The fourth-order valence-corrected chi connectivity index (χ4v) is 1.20. The van der Waals surface area contributed by atoms with Crippen molar-refractivity contribution in [2.75, 3.05) is 0 Å². The zero-order chi connectivity index (χ0) is 10.1. The highest BCUT2D eigenvalue weighted by atomic mass is 16.4. The molecule has 0 amide bonds. The minimum atomic E-state index is -1.00. The van der Waals surface area contributed by atoms with E-state index in [1.165, 1.54) is 15.4 Å². The molecule has 0 aliphatic rings. The summed E-state index contributed by atoms with van der Waals surface area (Å²) >= 11 is 0. The molecule has 0 aromatic carbocycles. The smallest absolute Gasteiger partial charge is 0.354 e. The standard InChI is InChI=1S/C8H8N4O2/c1-11-6(7(13)14)5-9-8(11)12-4-2-3-10-12/h2-5H,1H3,(H,13,14). The number of nitrogens with zero attached hydrogens (tertiary/aromatic N) is 4. The first-order valence-electron chi connectivity index (χ1n) is 3.95. The highest BCUT2D eigenvalue weighted by Crippen LogP contribution is 2.06. The number of imidazole rings is 1. The van der Waals surface area contributed by atoms with Gasteiger partial charge in [0.25, 0.3) is 0 Å². The summed E-state index contributed by atoms with van der Waals surface area (Å²) in [6.07, 6.45) is 4.61. The van der Waals surface area contributed by atoms with Crippen LogP contribution in [0.5, 0.6) is 0 Å². The summed E-state index contributed by atoms with van der Waals surface area (Å²) in [5.74, 6) is -0.522. The molecule has 0 spiro atoms. The summed E-state index contributed by atoms with van der Waals surface area (Å²) in [6.45, 7) is 0. The van der Waals surface area contributed by atoms with Crippen LogP contribution in [0.25, 0.3) is 5.95 Å². The van der Waals surface area contributed by atoms with Gasteiger partial charge in [-0.1, -0.05) is 0 Å².